The molecule has 2 heterocycles. The summed E-state index contributed by atoms with van der Waals surface area (Å²) in [5.74, 6) is 0.104. The quantitative estimate of drug-likeness (QED) is 0.107. The average Bonchev–Trinajstić information content (AvgIpc) is 3.48. The highest BCUT2D eigenvalue weighted by molar-refractivity contribution is 7.14. The lowest BCUT2D eigenvalue weighted by Gasteiger charge is -2.13. The molecule has 0 unspecified atom stereocenters. The van der Waals surface area contributed by atoms with Crippen LogP contribution in [0.4, 0.5) is 5.69 Å². The molecule has 0 aliphatic heterocycles. The summed E-state index contributed by atoms with van der Waals surface area (Å²) in [4.78, 5) is 38.6. The van der Waals surface area contributed by atoms with E-state index in [9.17, 15) is 9.70 Å². The van der Waals surface area contributed by atoms with Gasteiger partial charge in [0.25, 0.3) is 0 Å². The van der Waals surface area contributed by atoms with Gasteiger partial charge in [-0.1, -0.05) is 66.7 Å². The Balaban J connectivity index is 1.62. The summed E-state index contributed by atoms with van der Waals surface area (Å²) in [6, 6.07) is 26.9. The summed E-state index contributed by atoms with van der Waals surface area (Å²) in [5.41, 5.74) is 5.15. The van der Waals surface area contributed by atoms with Gasteiger partial charge in [-0.05, 0) is 23.8 Å². The van der Waals surface area contributed by atoms with Gasteiger partial charge in [-0.25, -0.2) is 9.79 Å². The summed E-state index contributed by atoms with van der Waals surface area (Å²) in [5, 5.41) is 4.27. The molecule has 0 N–H and O–H groups in total. The Morgan fingerprint density at radius 1 is 0.800 bits per heavy atom. The number of aliphatic imine (C=N–C) groups is 1. The van der Waals surface area contributed by atoms with Crippen LogP contribution < -0.4 is 9.47 Å². The highest BCUT2D eigenvalue weighted by atomic mass is 32.1. The Kier molecular flexibility index (Phi) is 8.03. The van der Waals surface area contributed by atoms with Crippen molar-refractivity contribution in [3.63, 3.8) is 0 Å². The third-order valence-electron chi connectivity index (χ3n) is 6.15. The minimum absolute atomic E-state index is 0.144. The highest BCUT2D eigenvalue weighted by Gasteiger charge is 2.23. The first-order valence-corrected chi connectivity index (χ1v) is 13.0. The summed E-state index contributed by atoms with van der Waals surface area (Å²) < 4.78 is 10.8. The molecule has 0 saturated heterocycles. The third kappa shape index (κ3) is 5.50. The molecule has 0 amide bonds. The van der Waals surface area contributed by atoms with Gasteiger partial charge in [-0.15, -0.1) is 16.2 Å². The van der Waals surface area contributed by atoms with Crippen LogP contribution in [0.2, 0.25) is 0 Å². The zero-order chi connectivity index (χ0) is 27.9. The number of pyridine rings is 1. The lowest BCUT2D eigenvalue weighted by Crippen LogP contribution is -2.06. The van der Waals surface area contributed by atoms with Crippen molar-refractivity contribution in [1.82, 2.24) is 4.98 Å². The van der Waals surface area contributed by atoms with Crippen molar-refractivity contribution in [2.45, 2.75) is 0 Å². The third-order valence-corrected chi connectivity index (χ3v) is 7.10. The summed E-state index contributed by atoms with van der Waals surface area (Å²) in [6.07, 6.45) is 3.09. The second-order valence-electron chi connectivity index (χ2n) is 8.49. The molecule has 198 valence electrons. The second kappa shape index (κ2) is 12.1. The number of carbonyl (C=O) groups excluding carboxylic acids is 1. The van der Waals surface area contributed by atoms with E-state index in [1.165, 1.54) is 31.8 Å². The van der Waals surface area contributed by atoms with Gasteiger partial charge in [0.05, 0.1) is 31.2 Å². The minimum Gasteiger partial charge on any atom is -0.493 e. The molecule has 5 aromatic rings. The number of rotatable bonds is 9. The van der Waals surface area contributed by atoms with E-state index < -0.39 is 5.97 Å². The predicted octanol–water partition coefficient (Wildman–Crippen LogP) is 7.50. The van der Waals surface area contributed by atoms with Crippen LogP contribution in [0.15, 0.2) is 113 Å². The van der Waals surface area contributed by atoms with E-state index in [1.54, 1.807) is 24.4 Å². The van der Waals surface area contributed by atoms with Crippen LogP contribution in [0.3, 0.4) is 0 Å². The molecular weight excluding hydrogens is 526 g/mol. The molecule has 0 saturated carbocycles. The van der Waals surface area contributed by atoms with Crippen molar-refractivity contribution in [3.8, 4) is 33.1 Å². The number of nitrogens with zero attached hydrogens (tertiary/aromatic N) is 3. The van der Waals surface area contributed by atoms with Gasteiger partial charge >= 0.3 is 5.97 Å². The number of aromatic nitrogens is 1. The van der Waals surface area contributed by atoms with Crippen LogP contribution in [-0.4, -0.2) is 30.9 Å². The largest absolute Gasteiger partial charge is 0.493 e. The van der Waals surface area contributed by atoms with E-state index >= 15 is 0 Å². The molecule has 0 aliphatic rings. The average molecular weight is 550 g/mol. The molecule has 0 spiro atoms. The van der Waals surface area contributed by atoms with E-state index in [4.69, 9.17) is 14.5 Å². The number of methoxy groups -OCH3 is 2. The van der Waals surface area contributed by atoms with Crippen molar-refractivity contribution in [2.75, 3.05) is 14.2 Å². The van der Waals surface area contributed by atoms with Crippen LogP contribution in [0.1, 0.15) is 21.5 Å². The van der Waals surface area contributed by atoms with E-state index in [1.807, 2.05) is 72.1 Å². The molecule has 40 heavy (non-hydrogen) atoms. The maximum absolute atomic E-state index is 13.0. The Hall–Kier alpha value is -5.15. The monoisotopic (exact) mass is 549 g/mol. The fraction of sp³-hybridized carbons (Fsp3) is 0.0645. The number of ether oxygens (including phenoxy) is 2. The summed E-state index contributed by atoms with van der Waals surface area (Å²) >= 11 is 1.39. The SMILES string of the molecule is COc1ccc(-c2cncc(-c3cc(N=C(c4ccccc4)c4ccccc4)cs3)c2C(=O)ON=O)cc1OC. The Labute approximate surface area is 234 Å². The number of hydrogen-bond donors (Lipinski definition) is 0. The fourth-order valence-electron chi connectivity index (χ4n) is 4.31. The zero-order valence-electron chi connectivity index (χ0n) is 21.6. The lowest BCUT2D eigenvalue weighted by molar-refractivity contribution is 0.0510. The molecule has 0 aliphatic carbocycles. The van der Waals surface area contributed by atoms with Gasteiger partial charge in [-0.2, -0.15) is 0 Å². The maximum atomic E-state index is 13.0. The smallest absolute Gasteiger partial charge is 0.370 e. The van der Waals surface area contributed by atoms with Crippen molar-refractivity contribution in [1.29, 1.82) is 0 Å². The summed E-state index contributed by atoms with van der Waals surface area (Å²) in [7, 11) is 3.06. The first-order chi connectivity index (χ1) is 19.6. The molecule has 3 aromatic carbocycles. The Bertz CT molecular complexity index is 1640. The molecule has 0 radical (unpaired) electrons. The van der Waals surface area contributed by atoms with Crippen LogP contribution in [0.25, 0.3) is 21.6 Å². The predicted molar refractivity (Wildman–Crippen MR) is 155 cm³/mol. The van der Waals surface area contributed by atoms with Gasteiger partial charge in [0.1, 0.15) is 0 Å². The van der Waals surface area contributed by atoms with E-state index in [0.717, 1.165) is 16.8 Å². The standard InChI is InChI=1S/C31H23N3O5S/c1-37-26-14-13-22(15-27(26)38-2)24-17-32-18-25(29(24)31(35)39-34-36)28-16-23(19-40-28)33-30(20-9-5-3-6-10-20)21-11-7-4-8-12-21/h3-19H,1-2H3. The fourth-order valence-corrected chi connectivity index (χ4v) is 5.15. The van der Waals surface area contributed by atoms with Crippen LogP contribution in [0.5, 0.6) is 11.5 Å². The highest BCUT2D eigenvalue weighted by Crippen LogP contribution is 2.39. The second-order valence-corrected chi connectivity index (χ2v) is 9.41. The topological polar surface area (TPSA) is 99.4 Å². The van der Waals surface area contributed by atoms with E-state index in [-0.39, 0.29) is 5.56 Å². The molecular formula is C31H23N3O5S. The van der Waals surface area contributed by atoms with Crippen LogP contribution >= 0.6 is 11.3 Å². The molecule has 5 rings (SSSR count). The van der Waals surface area contributed by atoms with Gasteiger partial charge in [0.2, 0.25) is 0 Å². The zero-order valence-corrected chi connectivity index (χ0v) is 22.4. The van der Waals surface area contributed by atoms with Crippen LogP contribution in [-0.2, 0) is 4.84 Å². The number of hydrogen-bond acceptors (Lipinski definition) is 9. The van der Waals surface area contributed by atoms with Crippen molar-refractivity contribution in [2.24, 2.45) is 10.3 Å². The van der Waals surface area contributed by atoms with Crippen LogP contribution in [0, 0.1) is 4.91 Å². The van der Waals surface area contributed by atoms with Crippen molar-refractivity contribution < 1.29 is 19.1 Å². The normalized spacial score (nSPS) is 10.4. The van der Waals surface area contributed by atoms with Gasteiger partial charge in [0, 0.05) is 44.9 Å². The molecule has 2 aromatic heterocycles. The number of thiophene rings is 1. The first-order valence-electron chi connectivity index (χ1n) is 12.2. The molecule has 0 bridgehead atoms. The Morgan fingerprint density at radius 2 is 1.45 bits per heavy atom. The first kappa shape index (κ1) is 26.5. The van der Waals surface area contributed by atoms with Crippen molar-refractivity contribution in [3.05, 3.63) is 124 Å². The molecule has 8 nitrogen and oxygen atoms in total. The molecule has 0 atom stereocenters. The van der Waals surface area contributed by atoms with E-state index in [0.29, 0.717) is 38.8 Å². The Morgan fingerprint density at radius 3 is 2.08 bits per heavy atom. The molecule has 9 heteroatoms. The van der Waals surface area contributed by atoms with Gasteiger partial charge < -0.3 is 9.47 Å². The number of benzene rings is 3. The minimum atomic E-state index is -0.898. The van der Waals surface area contributed by atoms with Gasteiger partial charge in [0.15, 0.2) is 16.8 Å². The molecule has 0 fully saturated rings. The van der Waals surface area contributed by atoms with E-state index in [2.05, 4.69) is 15.2 Å². The van der Waals surface area contributed by atoms with Crippen molar-refractivity contribution >= 4 is 28.7 Å². The summed E-state index contributed by atoms with van der Waals surface area (Å²) in [6.45, 7) is 0. The van der Waals surface area contributed by atoms with Gasteiger partial charge in [-0.3, -0.25) is 9.82 Å². The number of carbonyl (C=O) groups is 1. The maximum Gasteiger partial charge on any atom is 0.370 e. The lowest BCUT2D eigenvalue weighted by atomic mass is 9.97.